The van der Waals surface area contributed by atoms with Crippen LogP contribution in [-0.4, -0.2) is 10.1 Å². The summed E-state index contributed by atoms with van der Waals surface area (Å²) in [5, 5.41) is 19.3. The third-order valence-corrected chi connectivity index (χ3v) is 3.78. The van der Waals surface area contributed by atoms with Crippen molar-refractivity contribution in [3.63, 3.8) is 0 Å². The van der Waals surface area contributed by atoms with E-state index in [4.69, 9.17) is 11.0 Å². The van der Waals surface area contributed by atoms with E-state index in [0.29, 0.717) is 26.0 Å². The average Bonchev–Trinajstić information content (AvgIpc) is 2.66. The molecule has 0 aliphatic carbocycles. The second kappa shape index (κ2) is 3.45. The number of nitrogens with zero attached hydrogens (tertiary/aromatic N) is 1. The lowest BCUT2D eigenvalue weighted by Crippen LogP contribution is -2.11. The fourth-order valence-corrected chi connectivity index (χ4v) is 2.89. The third-order valence-electron chi connectivity index (χ3n) is 2.64. The topological polar surface area (TPSA) is 117 Å². The van der Waals surface area contributed by atoms with Crippen LogP contribution in [0.2, 0.25) is 0 Å². The first-order valence-corrected chi connectivity index (χ1v) is 5.82. The lowest BCUT2D eigenvalue weighted by Gasteiger charge is -1.93. The number of nitriles is 1. The van der Waals surface area contributed by atoms with Gasteiger partial charge in [-0.05, 0) is 6.07 Å². The molecule has 18 heavy (non-hydrogen) atoms. The summed E-state index contributed by atoms with van der Waals surface area (Å²) in [4.78, 5) is 17.6. The fourth-order valence-electron chi connectivity index (χ4n) is 1.83. The summed E-state index contributed by atoms with van der Waals surface area (Å²) in [5.74, 6) is 0.179. The minimum Gasteiger partial charge on any atom is -0.506 e. The van der Waals surface area contributed by atoms with Crippen LogP contribution < -0.4 is 16.3 Å². The molecule has 3 aromatic heterocycles. The van der Waals surface area contributed by atoms with Gasteiger partial charge in [0.15, 0.2) is 4.83 Å². The molecule has 0 atom stereocenters. The number of aromatic hydroxyl groups is 1. The van der Waals surface area contributed by atoms with Crippen LogP contribution in [0.3, 0.4) is 0 Å². The van der Waals surface area contributed by atoms with Gasteiger partial charge in [-0.15, -0.1) is 0 Å². The van der Waals surface area contributed by atoms with Crippen molar-refractivity contribution in [3.8, 4) is 11.8 Å². The van der Waals surface area contributed by atoms with Gasteiger partial charge in [0, 0.05) is 6.07 Å². The zero-order valence-corrected chi connectivity index (χ0v) is 9.76. The summed E-state index contributed by atoms with van der Waals surface area (Å²) in [7, 11) is 0. The van der Waals surface area contributed by atoms with Crippen molar-refractivity contribution < 1.29 is 10.1 Å². The van der Waals surface area contributed by atoms with Crippen LogP contribution in [0.1, 0.15) is 5.56 Å². The van der Waals surface area contributed by atoms with Crippen molar-refractivity contribution in [3.05, 3.63) is 28.0 Å². The molecule has 88 valence electrons. The normalized spacial score (nSPS) is 10.8. The molecule has 0 radical (unpaired) electrons. The highest BCUT2D eigenvalue weighted by molar-refractivity contribution is 7.25. The Morgan fingerprint density at radius 2 is 2.28 bits per heavy atom. The van der Waals surface area contributed by atoms with E-state index in [9.17, 15) is 9.90 Å². The van der Waals surface area contributed by atoms with Gasteiger partial charge >= 0.3 is 0 Å². The molecule has 0 saturated carbocycles. The maximum absolute atomic E-state index is 11.4. The van der Waals surface area contributed by atoms with E-state index in [1.165, 1.54) is 11.3 Å². The van der Waals surface area contributed by atoms with Crippen LogP contribution in [0.5, 0.6) is 5.75 Å². The Morgan fingerprint density at radius 3 is 3.00 bits per heavy atom. The van der Waals surface area contributed by atoms with E-state index < -0.39 is 5.56 Å². The molecule has 3 aromatic rings. The van der Waals surface area contributed by atoms with Gasteiger partial charge in [-0.2, -0.15) is 5.26 Å². The second-order valence-electron chi connectivity index (χ2n) is 3.78. The molecule has 0 amide bonds. The molecule has 0 bridgehead atoms. The van der Waals surface area contributed by atoms with E-state index in [2.05, 4.69) is 9.97 Å². The average molecular weight is 259 g/mol. The third kappa shape index (κ3) is 1.33. The van der Waals surface area contributed by atoms with E-state index in [1.54, 1.807) is 6.07 Å². The zero-order chi connectivity index (χ0) is 12.9. The molecule has 0 spiro atoms. The van der Waals surface area contributed by atoms with Crippen molar-refractivity contribution >= 4 is 37.6 Å². The number of hydrogen-bond acceptors (Lipinski definition) is 5. The minimum absolute atomic E-state index is 0.0829. The number of anilines is 1. The SMILES string of the molecule is N#Cc1cc2c([nH+]c1N)sc1c(O)cc(=O)[nH]c12. The predicted octanol–water partition coefficient (Wildman–Crippen LogP) is 0.716. The molecule has 0 aromatic carbocycles. The first-order valence-electron chi connectivity index (χ1n) is 5.00. The molecule has 3 heterocycles. The lowest BCUT2D eigenvalue weighted by atomic mass is 10.2. The van der Waals surface area contributed by atoms with Crippen LogP contribution in [-0.2, 0) is 0 Å². The second-order valence-corrected chi connectivity index (χ2v) is 4.80. The molecule has 0 aliphatic rings. The number of nitrogens with one attached hydrogen (secondary N) is 2. The number of hydrogen-bond donors (Lipinski definition) is 3. The number of nitrogen functional groups attached to an aromatic ring is 1. The van der Waals surface area contributed by atoms with Crippen LogP contribution in [0.15, 0.2) is 16.9 Å². The van der Waals surface area contributed by atoms with Crippen molar-refractivity contribution in [1.29, 1.82) is 5.26 Å². The summed E-state index contributed by atoms with van der Waals surface area (Å²) < 4.78 is 0.551. The molecule has 5 N–H and O–H groups in total. The van der Waals surface area contributed by atoms with Gasteiger partial charge in [0.2, 0.25) is 0 Å². The molecule has 0 fully saturated rings. The predicted molar refractivity (Wildman–Crippen MR) is 67.3 cm³/mol. The number of aromatic amines is 2. The summed E-state index contributed by atoms with van der Waals surface area (Å²) in [6.07, 6.45) is 0. The Bertz CT molecular complexity index is 888. The summed E-state index contributed by atoms with van der Waals surface area (Å²) >= 11 is 1.27. The van der Waals surface area contributed by atoms with Crippen LogP contribution in [0, 0.1) is 11.3 Å². The van der Waals surface area contributed by atoms with E-state index >= 15 is 0 Å². The summed E-state index contributed by atoms with van der Waals surface area (Å²) in [5.41, 5.74) is 6.09. The Labute approximate surface area is 104 Å². The van der Waals surface area contributed by atoms with Crippen molar-refractivity contribution in [1.82, 2.24) is 4.98 Å². The van der Waals surface area contributed by atoms with Crippen LogP contribution in [0.25, 0.3) is 20.4 Å². The molecule has 3 rings (SSSR count). The highest BCUT2D eigenvalue weighted by Crippen LogP contribution is 2.35. The number of aromatic nitrogens is 2. The van der Waals surface area contributed by atoms with Gasteiger partial charge in [-0.3, -0.25) is 10.5 Å². The fraction of sp³-hybridized carbons (Fsp3) is 0. The van der Waals surface area contributed by atoms with Gasteiger partial charge in [0.1, 0.15) is 17.4 Å². The lowest BCUT2D eigenvalue weighted by molar-refractivity contribution is -0.323. The standard InChI is InChI=1S/C11H6N4O2S/c12-3-4-1-5-8-9(6(16)2-7(17)14-8)18-11(5)15-10(4)13/h1-2H,(H2,13,15)(H2,14,16,17)/p+1. The maximum atomic E-state index is 11.4. The highest BCUT2D eigenvalue weighted by Gasteiger charge is 2.16. The van der Waals surface area contributed by atoms with E-state index in [-0.39, 0.29) is 11.6 Å². The Kier molecular flexibility index (Phi) is 2.02. The van der Waals surface area contributed by atoms with E-state index in [0.717, 1.165) is 6.07 Å². The molecular formula is C11H7N4O2S+. The number of H-pyrrole nitrogens is 2. The van der Waals surface area contributed by atoms with Gasteiger partial charge in [0.25, 0.3) is 11.4 Å². The van der Waals surface area contributed by atoms with Crippen molar-refractivity contribution in [2.45, 2.75) is 0 Å². The minimum atomic E-state index is -0.393. The van der Waals surface area contributed by atoms with Gasteiger partial charge in [-0.25, -0.2) is 4.98 Å². The first-order chi connectivity index (χ1) is 8.60. The Balaban J connectivity index is 2.58. The summed E-state index contributed by atoms with van der Waals surface area (Å²) in [6, 6.07) is 4.67. The number of pyridine rings is 2. The van der Waals surface area contributed by atoms with E-state index in [1.807, 2.05) is 6.07 Å². The smallest absolute Gasteiger partial charge is 0.289 e. The monoisotopic (exact) mass is 259 g/mol. The van der Waals surface area contributed by atoms with Gasteiger partial charge in [-0.1, -0.05) is 11.3 Å². The molecule has 6 nitrogen and oxygen atoms in total. The number of nitrogens with two attached hydrogens (primary N) is 1. The van der Waals surface area contributed by atoms with Crippen LogP contribution in [0.4, 0.5) is 5.82 Å². The van der Waals surface area contributed by atoms with Crippen molar-refractivity contribution in [2.24, 2.45) is 0 Å². The number of rotatable bonds is 0. The Morgan fingerprint density at radius 1 is 1.50 bits per heavy atom. The number of thiophene rings is 1. The van der Waals surface area contributed by atoms with Gasteiger partial charge in [0.05, 0.1) is 15.6 Å². The summed E-state index contributed by atoms with van der Waals surface area (Å²) in [6.45, 7) is 0. The quantitative estimate of drug-likeness (QED) is 0.551. The largest absolute Gasteiger partial charge is 0.506 e. The van der Waals surface area contributed by atoms with Gasteiger partial charge < -0.3 is 10.1 Å². The van der Waals surface area contributed by atoms with Crippen LogP contribution >= 0.6 is 11.3 Å². The first kappa shape index (κ1) is 10.6. The molecule has 0 saturated heterocycles. The molecule has 0 aliphatic heterocycles. The number of fused-ring (bicyclic) bond motifs is 3. The maximum Gasteiger partial charge on any atom is 0.289 e. The Hall–Kier alpha value is -2.59. The molecule has 0 unspecified atom stereocenters. The zero-order valence-electron chi connectivity index (χ0n) is 8.94. The van der Waals surface area contributed by atoms with Crippen molar-refractivity contribution in [2.75, 3.05) is 5.73 Å². The molecular weight excluding hydrogens is 252 g/mol. The molecule has 7 heteroatoms. The highest BCUT2D eigenvalue weighted by atomic mass is 32.1.